The van der Waals surface area contributed by atoms with E-state index in [1.54, 1.807) is 7.11 Å². The second-order valence-electron chi connectivity index (χ2n) is 6.40. The van der Waals surface area contributed by atoms with E-state index in [1.165, 1.54) is 0 Å². The maximum Gasteiger partial charge on any atom is 0.228 e. The van der Waals surface area contributed by atoms with Crippen LogP contribution < -0.4 is 10.1 Å². The number of aryl methyl sites for hydroxylation is 1. The molecule has 1 aromatic heterocycles. The van der Waals surface area contributed by atoms with E-state index in [0.29, 0.717) is 12.5 Å². The van der Waals surface area contributed by atoms with E-state index in [-0.39, 0.29) is 5.91 Å². The Morgan fingerprint density at radius 1 is 1.20 bits per heavy atom. The van der Waals surface area contributed by atoms with Crippen LogP contribution in [0.25, 0.3) is 11.0 Å². The summed E-state index contributed by atoms with van der Waals surface area (Å²) in [5.74, 6) is 1.71. The summed E-state index contributed by atoms with van der Waals surface area (Å²) >= 11 is 0. The highest BCUT2D eigenvalue weighted by Crippen LogP contribution is 2.23. The van der Waals surface area contributed by atoms with E-state index >= 15 is 0 Å². The average Bonchev–Trinajstić information content (AvgIpc) is 2.90. The summed E-state index contributed by atoms with van der Waals surface area (Å²) < 4.78 is 7.32. The molecule has 3 aromatic rings. The van der Waals surface area contributed by atoms with Crippen molar-refractivity contribution in [3.05, 3.63) is 53.9 Å². The number of imidazole rings is 1. The Labute approximate surface area is 147 Å². The van der Waals surface area contributed by atoms with Gasteiger partial charge in [-0.1, -0.05) is 12.1 Å². The maximum absolute atomic E-state index is 12.3. The third-order valence-electron chi connectivity index (χ3n) is 4.19. The molecule has 5 heteroatoms. The number of benzene rings is 2. The van der Waals surface area contributed by atoms with Crippen molar-refractivity contribution in [3.63, 3.8) is 0 Å². The topological polar surface area (TPSA) is 56.1 Å². The molecule has 3 rings (SSSR count). The zero-order valence-electron chi connectivity index (χ0n) is 15.0. The lowest BCUT2D eigenvalue weighted by Gasteiger charge is -2.11. The quantitative estimate of drug-likeness (QED) is 0.762. The number of carbonyl (C=O) groups is 1. The number of aromatic nitrogens is 2. The molecule has 0 aliphatic heterocycles. The Bertz CT molecular complexity index is 895. The molecule has 0 fully saturated rings. The van der Waals surface area contributed by atoms with Gasteiger partial charge in [-0.25, -0.2) is 4.98 Å². The van der Waals surface area contributed by atoms with Gasteiger partial charge >= 0.3 is 0 Å². The number of rotatable bonds is 5. The molecule has 2 aromatic carbocycles. The van der Waals surface area contributed by atoms with Crippen LogP contribution in [0.1, 0.15) is 31.3 Å². The van der Waals surface area contributed by atoms with Crippen LogP contribution in [0.4, 0.5) is 5.69 Å². The van der Waals surface area contributed by atoms with Crippen molar-refractivity contribution in [3.8, 4) is 5.75 Å². The molecule has 0 radical (unpaired) electrons. The van der Waals surface area contributed by atoms with Crippen molar-refractivity contribution in [2.24, 2.45) is 0 Å². The summed E-state index contributed by atoms with van der Waals surface area (Å²) in [6, 6.07) is 13.7. The first kappa shape index (κ1) is 17.0. The Kier molecular flexibility index (Phi) is 4.74. The summed E-state index contributed by atoms with van der Waals surface area (Å²) in [6.07, 6.45) is 0.321. The minimum absolute atomic E-state index is 0.0514. The van der Waals surface area contributed by atoms with E-state index in [0.717, 1.165) is 33.9 Å². The SMILES string of the molecule is COc1ccc(CC(=O)Nc2ccc3c(c2)nc(C)n3C(C)C)cc1. The molecule has 0 bridgehead atoms. The van der Waals surface area contributed by atoms with Gasteiger partial charge in [0.25, 0.3) is 0 Å². The molecule has 1 heterocycles. The summed E-state index contributed by atoms with van der Waals surface area (Å²) in [6.45, 7) is 6.28. The molecule has 0 aliphatic rings. The molecular formula is C20H23N3O2. The average molecular weight is 337 g/mol. The molecule has 0 saturated heterocycles. The van der Waals surface area contributed by atoms with E-state index in [1.807, 2.05) is 49.4 Å². The fourth-order valence-electron chi connectivity index (χ4n) is 3.08. The molecule has 25 heavy (non-hydrogen) atoms. The molecule has 0 atom stereocenters. The van der Waals surface area contributed by atoms with Crippen LogP contribution in [0.3, 0.4) is 0 Å². The highest BCUT2D eigenvalue weighted by molar-refractivity contribution is 5.94. The molecular weight excluding hydrogens is 314 g/mol. The van der Waals surface area contributed by atoms with Crippen LogP contribution in [-0.4, -0.2) is 22.6 Å². The smallest absolute Gasteiger partial charge is 0.228 e. The minimum atomic E-state index is -0.0514. The number of ether oxygens (including phenoxy) is 1. The van der Waals surface area contributed by atoms with Crippen LogP contribution in [0.15, 0.2) is 42.5 Å². The summed E-state index contributed by atoms with van der Waals surface area (Å²) in [7, 11) is 1.63. The zero-order valence-corrected chi connectivity index (χ0v) is 15.0. The first-order valence-corrected chi connectivity index (χ1v) is 8.39. The monoisotopic (exact) mass is 337 g/mol. The molecule has 0 saturated carbocycles. The van der Waals surface area contributed by atoms with E-state index in [2.05, 4.69) is 28.7 Å². The van der Waals surface area contributed by atoms with Crippen molar-refractivity contribution in [2.75, 3.05) is 12.4 Å². The maximum atomic E-state index is 12.3. The highest BCUT2D eigenvalue weighted by atomic mass is 16.5. The second kappa shape index (κ2) is 6.97. The number of methoxy groups -OCH3 is 1. The Hall–Kier alpha value is -2.82. The summed E-state index contributed by atoms with van der Waals surface area (Å²) in [5, 5.41) is 2.95. The number of amides is 1. The Balaban J connectivity index is 1.74. The minimum Gasteiger partial charge on any atom is -0.497 e. The van der Waals surface area contributed by atoms with Crippen molar-refractivity contribution in [1.82, 2.24) is 9.55 Å². The zero-order chi connectivity index (χ0) is 18.0. The molecule has 0 spiro atoms. The van der Waals surface area contributed by atoms with Crippen LogP contribution in [0.5, 0.6) is 5.75 Å². The van der Waals surface area contributed by atoms with Crippen molar-refractivity contribution < 1.29 is 9.53 Å². The van der Waals surface area contributed by atoms with Crippen LogP contribution in [0.2, 0.25) is 0 Å². The van der Waals surface area contributed by atoms with Crippen molar-refractivity contribution >= 4 is 22.6 Å². The highest BCUT2D eigenvalue weighted by Gasteiger charge is 2.11. The number of hydrogen-bond acceptors (Lipinski definition) is 3. The number of fused-ring (bicyclic) bond motifs is 1. The normalized spacial score (nSPS) is 11.1. The predicted molar refractivity (Wildman–Crippen MR) is 100 cm³/mol. The first-order chi connectivity index (χ1) is 12.0. The van der Waals surface area contributed by atoms with Crippen molar-refractivity contribution in [2.45, 2.75) is 33.2 Å². The predicted octanol–water partition coefficient (Wildman–Crippen LogP) is 4.12. The molecule has 5 nitrogen and oxygen atoms in total. The summed E-state index contributed by atoms with van der Waals surface area (Å²) in [4.78, 5) is 16.9. The van der Waals surface area contributed by atoms with Gasteiger partial charge in [0.05, 0.1) is 24.6 Å². The van der Waals surface area contributed by atoms with Crippen LogP contribution >= 0.6 is 0 Å². The van der Waals surface area contributed by atoms with Gasteiger partial charge < -0.3 is 14.6 Å². The van der Waals surface area contributed by atoms with E-state index < -0.39 is 0 Å². The number of hydrogen-bond donors (Lipinski definition) is 1. The van der Waals surface area contributed by atoms with Gasteiger partial charge in [-0.3, -0.25) is 4.79 Å². The third-order valence-corrected chi connectivity index (χ3v) is 4.19. The van der Waals surface area contributed by atoms with Gasteiger partial charge in [-0.2, -0.15) is 0 Å². The molecule has 1 N–H and O–H groups in total. The third kappa shape index (κ3) is 3.65. The van der Waals surface area contributed by atoms with Gasteiger partial charge in [0, 0.05) is 11.7 Å². The number of anilines is 1. The van der Waals surface area contributed by atoms with Gasteiger partial charge in [0.1, 0.15) is 11.6 Å². The van der Waals surface area contributed by atoms with Crippen LogP contribution in [0, 0.1) is 6.92 Å². The molecule has 0 unspecified atom stereocenters. The molecule has 0 aliphatic carbocycles. The Morgan fingerprint density at radius 3 is 2.56 bits per heavy atom. The summed E-state index contributed by atoms with van der Waals surface area (Å²) in [5.41, 5.74) is 3.69. The standard InChI is InChI=1S/C20H23N3O2/c1-13(2)23-14(3)21-18-12-16(7-10-19(18)23)22-20(24)11-15-5-8-17(25-4)9-6-15/h5-10,12-13H,11H2,1-4H3,(H,22,24). The second-order valence-corrected chi connectivity index (χ2v) is 6.40. The van der Waals surface area contributed by atoms with Gasteiger partial charge in [0.15, 0.2) is 0 Å². The largest absolute Gasteiger partial charge is 0.497 e. The van der Waals surface area contributed by atoms with Crippen LogP contribution in [-0.2, 0) is 11.2 Å². The van der Waals surface area contributed by atoms with Gasteiger partial charge in [0.2, 0.25) is 5.91 Å². The molecule has 1 amide bonds. The number of nitrogens with zero attached hydrogens (tertiary/aromatic N) is 2. The van der Waals surface area contributed by atoms with E-state index in [9.17, 15) is 4.79 Å². The lowest BCUT2D eigenvalue weighted by atomic mass is 10.1. The van der Waals surface area contributed by atoms with E-state index in [4.69, 9.17) is 4.74 Å². The van der Waals surface area contributed by atoms with Gasteiger partial charge in [-0.05, 0) is 56.7 Å². The number of carbonyl (C=O) groups excluding carboxylic acids is 1. The lowest BCUT2D eigenvalue weighted by molar-refractivity contribution is -0.115. The number of nitrogens with one attached hydrogen (secondary N) is 1. The fraction of sp³-hybridized carbons (Fsp3) is 0.300. The fourth-order valence-corrected chi connectivity index (χ4v) is 3.08. The Morgan fingerprint density at radius 2 is 1.92 bits per heavy atom. The van der Waals surface area contributed by atoms with Gasteiger partial charge in [-0.15, -0.1) is 0 Å². The first-order valence-electron chi connectivity index (χ1n) is 8.39. The molecule has 130 valence electrons. The lowest BCUT2D eigenvalue weighted by Crippen LogP contribution is -2.14. The van der Waals surface area contributed by atoms with Crippen molar-refractivity contribution in [1.29, 1.82) is 0 Å².